The van der Waals surface area contributed by atoms with Gasteiger partial charge in [-0.25, -0.2) is 0 Å². The molecule has 0 saturated carbocycles. The summed E-state index contributed by atoms with van der Waals surface area (Å²) in [5.74, 6) is 1.12. The minimum atomic E-state index is -0.115. The summed E-state index contributed by atoms with van der Waals surface area (Å²) >= 11 is 0. The molecule has 0 bridgehead atoms. The van der Waals surface area contributed by atoms with Crippen LogP contribution in [0.1, 0.15) is 44.5 Å². The van der Waals surface area contributed by atoms with Crippen LogP contribution >= 0.6 is 0 Å². The molecule has 0 spiro atoms. The average Bonchev–Trinajstić information content (AvgIpc) is 2.29. The molecular weight excluding hydrogens is 240 g/mol. The Morgan fingerprint density at radius 2 is 2.00 bits per heavy atom. The van der Waals surface area contributed by atoms with Crippen molar-refractivity contribution in [3.63, 3.8) is 0 Å². The zero-order valence-electron chi connectivity index (χ0n) is 12.2. The highest BCUT2D eigenvalue weighted by molar-refractivity contribution is 5.95. The number of nitrogens with two attached hydrogens (primary N) is 1. The van der Waals surface area contributed by atoms with Crippen molar-refractivity contribution in [2.75, 3.05) is 12.3 Å². The summed E-state index contributed by atoms with van der Waals surface area (Å²) < 4.78 is 5.61. The van der Waals surface area contributed by atoms with E-state index in [9.17, 15) is 4.79 Å². The fourth-order valence-corrected chi connectivity index (χ4v) is 1.57. The second-order valence-electron chi connectivity index (χ2n) is 5.41. The van der Waals surface area contributed by atoms with E-state index in [0.717, 1.165) is 6.42 Å². The van der Waals surface area contributed by atoms with Gasteiger partial charge in [0.05, 0.1) is 12.3 Å². The molecule has 0 saturated heterocycles. The van der Waals surface area contributed by atoms with E-state index in [1.807, 2.05) is 13.8 Å². The molecule has 0 fully saturated rings. The van der Waals surface area contributed by atoms with Gasteiger partial charge in [-0.15, -0.1) is 0 Å². The number of carbonyl (C=O) groups excluding carboxylic acids is 1. The molecule has 1 rings (SSSR count). The maximum absolute atomic E-state index is 11.8. The van der Waals surface area contributed by atoms with Crippen LogP contribution in [-0.4, -0.2) is 18.6 Å². The van der Waals surface area contributed by atoms with Crippen molar-refractivity contribution in [3.8, 4) is 5.75 Å². The van der Waals surface area contributed by atoms with Crippen LogP contribution in [0.5, 0.6) is 5.75 Å². The standard InChI is InChI=1S/C15H24N2O2/c1-10(2)7-8-19-14-6-5-12(9-13(14)16)15(18)17-11(3)4/h5-6,9-11H,7-8,16H2,1-4H3,(H,17,18). The number of amides is 1. The van der Waals surface area contributed by atoms with Crippen molar-refractivity contribution in [1.29, 1.82) is 0 Å². The number of carbonyl (C=O) groups is 1. The Labute approximate surface area is 115 Å². The van der Waals surface area contributed by atoms with Gasteiger partial charge in [-0.2, -0.15) is 0 Å². The van der Waals surface area contributed by atoms with Crippen LogP contribution in [0.25, 0.3) is 0 Å². The normalized spacial score (nSPS) is 10.8. The van der Waals surface area contributed by atoms with E-state index in [0.29, 0.717) is 29.5 Å². The van der Waals surface area contributed by atoms with Crippen molar-refractivity contribution in [3.05, 3.63) is 23.8 Å². The minimum Gasteiger partial charge on any atom is -0.491 e. The van der Waals surface area contributed by atoms with Crippen LogP contribution in [0, 0.1) is 5.92 Å². The van der Waals surface area contributed by atoms with E-state index in [4.69, 9.17) is 10.5 Å². The van der Waals surface area contributed by atoms with Crippen LogP contribution in [0.4, 0.5) is 5.69 Å². The second kappa shape index (κ2) is 7.02. The number of nitrogens with one attached hydrogen (secondary N) is 1. The Hall–Kier alpha value is -1.71. The van der Waals surface area contributed by atoms with E-state index >= 15 is 0 Å². The Kier molecular flexibility index (Phi) is 5.67. The molecule has 1 amide bonds. The summed E-state index contributed by atoms with van der Waals surface area (Å²) in [6, 6.07) is 5.25. The first kappa shape index (κ1) is 15.3. The molecule has 0 atom stereocenters. The van der Waals surface area contributed by atoms with Crippen molar-refractivity contribution >= 4 is 11.6 Å². The molecule has 1 aromatic rings. The first-order chi connectivity index (χ1) is 8.90. The molecule has 3 N–H and O–H groups in total. The summed E-state index contributed by atoms with van der Waals surface area (Å²) in [7, 11) is 0. The van der Waals surface area contributed by atoms with Crippen LogP contribution in [0.15, 0.2) is 18.2 Å². The fourth-order valence-electron chi connectivity index (χ4n) is 1.57. The van der Waals surface area contributed by atoms with Gasteiger partial charge in [0.1, 0.15) is 5.75 Å². The lowest BCUT2D eigenvalue weighted by Crippen LogP contribution is -2.30. The van der Waals surface area contributed by atoms with Gasteiger partial charge in [-0.3, -0.25) is 4.79 Å². The molecule has 0 heterocycles. The lowest BCUT2D eigenvalue weighted by atomic mass is 10.1. The third-order valence-corrected chi connectivity index (χ3v) is 2.64. The summed E-state index contributed by atoms with van der Waals surface area (Å²) in [5, 5.41) is 2.83. The van der Waals surface area contributed by atoms with Gasteiger partial charge in [0, 0.05) is 11.6 Å². The largest absolute Gasteiger partial charge is 0.491 e. The molecule has 0 unspecified atom stereocenters. The predicted octanol–water partition coefficient (Wildman–Crippen LogP) is 2.83. The maximum atomic E-state index is 11.8. The van der Waals surface area contributed by atoms with Crippen molar-refractivity contribution in [1.82, 2.24) is 5.32 Å². The van der Waals surface area contributed by atoms with Gasteiger partial charge in [0.2, 0.25) is 0 Å². The molecule has 0 radical (unpaired) electrons. The quantitative estimate of drug-likeness (QED) is 0.776. The van der Waals surface area contributed by atoms with Crippen molar-refractivity contribution in [2.24, 2.45) is 5.92 Å². The smallest absolute Gasteiger partial charge is 0.251 e. The zero-order chi connectivity index (χ0) is 14.4. The van der Waals surface area contributed by atoms with Crippen LogP contribution < -0.4 is 15.8 Å². The van der Waals surface area contributed by atoms with Gasteiger partial charge in [0.25, 0.3) is 5.91 Å². The highest BCUT2D eigenvalue weighted by Gasteiger charge is 2.09. The number of anilines is 1. The fraction of sp³-hybridized carbons (Fsp3) is 0.533. The van der Waals surface area contributed by atoms with Gasteiger partial charge in [-0.1, -0.05) is 13.8 Å². The van der Waals surface area contributed by atoms with E-state index < -0.39 is 0 Å². The zero-order valence-corrected chi connectivity index (χ0v) is 12.2. The predicted molar refractivity (Wildman–Crippen MR) is 78.4 cm³/mol. The topological polar surface area (TPSA) is 64.3 Å². The van der Waals surface area contributed by atoms with Crippen molar-refractivity contribution < 1.29 is 9.53 Å². The number of rotatable bonds is 6. The van der Waals surface area contributed by atoms with Crippen LogP contribution in [0.3, 0.4) is 0 Å². The number of nitrogen functional groups attached to an aromatic ring is 1. The maximum Gasteiger partial charge on any atom is 0.251 e. The molecule has 106 valence electrons. The second-order valence-corrected chi connectivity index (χ2v) is 5.41. The molecule has 0 aromatic heterocycles. The lowest BCUT2D eigenvalue weighted by Gasteiger charge is -2.12. The first-order valence-corrected chi connectivity index (χ1v) is 6.73. The van der Waals surface area contributed by atoms with Gasteiger partial charge < -0.3 is 15.8 Å². The highest BCUT2D eigenvalue weighted by Crippen LogP contribution is 2.23. The molecule has 4 nitrogen and oxygen atoms in total. The SMILES string of the molecule is CC(C)CCOc1ccc(C(=O)NC(C)C)cc1N. The Balaban J connectivity index is 2.66. The number of hydrogen-bond acceptors (Lipinski definition) is 3. The summed E-state index contributed by atoms with van der Waals surface area (Å²) in [4.78, 5) is 11.8. The Morgan fingerprint density at radius 3 is 2.53 bits per heavy atom. The molecule has 1 aromatic carbocycles. The molecule has 0 aliphatic heterocycles. The highest BCUT2D eigenvalue weighted by atomic mass is 16.5. The van der Waals surface area contributed by atoms with Crippen LogP contribution in [-0.2, 0) is 0 Å². The number of benzene rings is 1. The van der Waals surface area contributed by atoms with E-state index in [1.165, 1.54) is 0 Å². The Bertz CT molecular complexity index is 428. The molecular formula is C15H24N2O2. The number of ether oxygens (including phenoxy) is 1. The molecule has 4 heteroatoms. The lowest BCUT2D eigenvalue weighted by molar-refractivity contribution is 0.0943. The van der Waals surface area contributed by atoms with Crippen LogP contribution in [0.2, 0.25) is 0 Å². The monoisotopic (exact) mass is 264 g/mol. The average molecular weight is 264 g/mol. The molecule has 0 aliphatic rings. The third kappa shape index (κ3) is 5.20. The molecule has 19 heavy (non-hydrogen) atoms. The molecule has 0 aliphatic carbocycles. The van der Waals surface area contributed by atoms with Crippen molar-refractivity contribution in [2.45, 2.75) is 40.2 Å². The summed E-state index contributed by atoms with van der Waals surface area (Å²) in [6.07, 6.45) is 0.981. The van der Waals surface area contributed by atoms with E-state index in [-0.39, 0.29) is 11.9 Å². The number of hydrogen-bond donors (Lipinski definition) is 2. The summed E-state index contributed by atoms with van der Waals surface area (Å²) in [5.41, 5.74) is 6.96. The van der Waals surface area contributed by atoms with E-state index in [2.05, 4.69) is 19.2 Å². The minimum absolute atomic E-state index is 0.107. The third-order valence-electron chi connectivity index (χ3n) is 2.64. The Morgan fingerprint density at radius 1 is 1.32 bits per heavy atom. The first-order valence-electron chi connectivity index (χ1n) is 6.73. The van der Waals surface area contributed by atoms with E-state index in [1.54, 1.807) is 18.2 Å². The van der Waals surface area contributed by atoms with Gasteiger partial charge in [-0.05, 0) is 44.4 Å². The van der Waals surface area contributed by atoms with Gasteiger partial charge in [0.15, 0.2) is 0 Å². The summed E-state index contributed by atoms with van der Waals surface area (Å²) in [6.45, 7) is 8.77. The van der Waals surface area contributed by atoms with Gasteiger partial charge >= 0.3 is 0 Å².